The highest BCUT2D eigenvalue weighted by Crippen LogP contribution is 2.09. The summed E-state index contributed by atoms with van der Waals surface area (Å²) in [5, 5.41) is 0.603. The van der Waals surface area contributed by atoms with Crippen LogP contribution in [0.2, 0.25) is 11.8 Å². The molecule has 0 saturated heterocycles. The molecule has 12 heavy (non-hydrogen) atoms. The molecule has 0 aliphatic carbocycles. The van der Waals surface area contributed by atoms with E-state index in [0.29, 0.717) is 10.6 Å². The minimum atomic E-state index is 0.0469. The molecule has 0 aromatic heterocycles. The van der Waals surface area contributed by atoms with E-state index >= 15 is 0 Å². The summed E-state index contributed by atoms with van der Waals surface area (Å²) < 4.78 is 0. The third kappa shape index (κ3) is 1.89. The first-order valence-corrected chi connectivity index (χ1v) is 4.13. The second-order valence-electron chi connectivity index (χ2n) is 2.58. The van der Waals surface area contributed by atoms with Crippen molar-refractivity contribution in [2.24, 2.45) is 0 Å². The van der Waals surface area contributed by atoms with Crippen LogP contribution in [0.1, 0.15) is 17.3 Å². The molecular formula is C9H9BClO. The quantitative estimate of drug-likeness (QED) is 0.501. The summed E-state index contributed by atoms with van der Waals surface area (Å²) in [6, 6.07) is 5.32. The van der Waals surface area contributed by atoms with Crippen LogP contribution < -0.4 is 5.46 Å². The molecule has 0 unspecified atom stereocenters. The summed E-state index contributed by atoms with van der Waals surface area (Å²) in [5.74, 6) is 0.0469. The average molecular weight is 179 g/mol. The van der Waals surface area contributed by atoms with Gasteiger partial charge < -0.3 is 0 Å². The minimum absolute atomic E-state index is 0.0469. The monoisotopic (exact) mass is 179 g/mol. The van der Waals surface area contributed by atoms with Crippen LogP contribution in [0.4, 0.5) is 0 Å². The molecule has 3 heteroatoms. The van der Waals surface area contributed by atoms with Crippen LogP contribution in [-0.4, -0.2) is 13.1 Å². The zero-order chi connectivity index (χ0) is 9.14. The molecule has 0 atom stereocenters. The van der Waals surface area contributed by atoms with Gasteiger partial charge in [-0.3, -0.25) is 4.79 Å². The Hall–Kier alpha value is -0.755. The van der Waals surface area contributed by atoms with Gasteiger partial charge in [-0.2, -0.15) is 0 Å². The summed E-state index contributed by atoms with van der Waals surface area (Å²) in [4.78, 5) is 11.1. The molecule has 1 nitrogen and oxygen atoms in total. The normalized spacial score (nSPS) is 9.58. The molecule has 0 bridgehead atoms. The molecule has 0 N–H and O–H groups in total. The molecule has 1 radical (unpaired) electrons. The number of halogens is 1. The molecule has 0 fully saturated rings. The predicted molar refractivity (Wildman–Crippen MR) is 52.7 cm³/mol. The smallest absolute Gasteiger partial charge is 0.159 e. The van der Waals surface area contributed by atoms with E-state index in [1.165, 1.54) is 0 Å². The highest BCUT2D eigenvalue weighted by Gasteiger charge is 2.05. The van der Waals surface area contributed by atoms with Crippen molar-refractivity contribution < 1.29 is 4.79 Å². The number of rotatable bonds is 2. The van der Waals surface area contributed by atoms with Crippen LogP contribution in [0.15, 0.2) is 18.2 Å². The van der Waals surface area contributed by atoms with Gasteiger partial charge in [-0.1, -0.05) is 30.0 Å². The van der Waals surface area contributed by atoms with Crippen LogP contribution in [0, 0.1) is 0 Å². The van der Waals surface area contributed by atoms with Crippen molar-refractivity contribution in [2.45, 2.75) is 13.7 Å². The van der Waals surface area contributed by atoms with E-state index in [2.05, 4.69) is 0 Å². The van der Waals surface area contributed by atoms with Gasteiger partial charge in [-0.05, 0) is 19.1 Å². The van der Waals surface area contributed by atoms with E-state index in [0.717, 1.165) is 5.46 Å². The Labute approximate surface area is 78.0 Å². The lowest BCUT2D eigenvalue weighted by Crippen LogP contribution is -2.19. The summed E-state index contributed by atoms with van der Waals surface area (Å²) >= 11 is 5.75. The van der Waals surface area contributed by atoms with Crippen LogP contribution >= 0.6 is 11.6 Å². The Morgan fingerprint density at radius 3 is 2.67 bits per heavy atom. The molecule has 0 amide bonds. The number of hydrogen-bond acceptors (Lipinski definition) is 1. The van der Waals surface area contributed by atoms with Crippen molar-refractivity contribution >= 4 is 30.1 Å². The molecule has 1 rings (SSSR count). The van der Waals surface area contributed by atoms with Gasteiger partial charge in [-0.15, -0.1) is 0 Å². The van der Waals surface area contributed by atoms with E-state index in [1.54, 1.807) is 19.1 Å². The number of hydrogen-bond donors (Lipinski definition) is 0. The van der Waals surface area contributed by atoms with E-state index in [1.807, 2.05) is 20.2 Å². The third-order valence-corrected chi connectivity index (χ3v) is 1.94. The zero-order valence-corrected chi connectivity index (χ0v) is 7.85. The first-order chi connectivity index (χ1) is 5.65. The fraction of sp³-hybridized carbons (Fsp3) is 0.222. The summed E-state index contributed by atoms with van der Waals surface area (Å²) in [6.07, 6.45) is 0. The first kappa shape index (κ1) is 9.33. The Bertz CT molecular complexity index is 309. The van der Waals surface area contributed by atoms with Crippen molar-refractivity contribution in [2.75, 3.05) is 0 Å². The lowest BCUT2D eigenvalue weighted by atomic mass is 9.70. The Balaban J connectivity index is 3.21. The predicted octanol–water partition coefficient (Wildman–Crippen LogP) is 1.92. The summed E-state index contributed by atoms with van der Waals surface area (Å²) in [7, 11) is 1.90. The molecule has 1 aromatic rings. The Morgan fingerprint density at radius 1 is 1.50 bits per heavy atom. The van der Waals surface area contributed by atoms with Gasteiger partial charge in [-0.25, -0.2) is 0 Å². The fourth-order valence-electron chi connectivity index (χ4n) is 1.09. The van der Waals surface area contributed by atoms with Gasteiger partial charge in [0.05, 0.1) is 0 Å². The van der Waals surface area contributed by atoms with Crippen LogP contribution in [-0.2, 0) is 0 Å². The van der Waals surface area contributed by atoms with E-state index in [9.17, 15) is 4.79 Å². The van der Waals surface area contributed by atoms with Crippen LogP contribution in [0.5, 0.6) is 0 Å². The van der Waals surface area contributed by atoms with Crippen LogP contribution in [0.3, 0.4) is 0 Å². The Morgan fingerprint density at radius 2 is 2.17 bits per heavy atom. The highest BCUT2D eigenvalue weighted by molar-refractivity contribution is 6.54. The van der Waals surface area contributed by atoms with E-state index in [4.69, 9.17) is 11.6 Å². The lowest BCUT2D eigenvalue weighted by Gasteiger charge is -2.03. The maximum absolute atomic E-state index is 11.1. The highest BCUT2D eigenvalue weighted by atomic mass is 35.5. The number of benzene rings is 1. The van der Waals surface area contributed by atoms with Crippen molar-refractivity contribution in [3.05, 3.63) is 28.8 Å². The molecule has 0 aliphatic rings. The first-order valence-electron chi connectivity index (χ1n) is 3.75. The molecular weight excluding hydrogens is 170 g/mol. The van der Waals surface area contributed by atoms with Gasteiger partial charge in [0.25, 0.3) is 0 Å². The number of carbonyl (C=O) groups excluding carboxylic acids is 1. The van der Waals surface area contributed by atoms with Gasteiger partial charge in [0, 0.05) is 10.6 Å². The lowest BCUT2D eigenvalue weighted by molar-refractivity contribution is 0.101. The maximum Gasteiger partial charge on any atom is 0.159 e. The number of ketones is 1. The summed E-state index contributed by atoms with van der Waals surface area (Å²) in [5.41, 5.74) is 1.62. The zero-order valence-electron chi connectivity index (χ0n) is 7.10. The van der Waals surface area contributed by atoms with Crippen molar-refractivity contribution in [3.8, 4) is 0 Å². The van der Waals surface area contributed by atoms with Crippen LogP contribution in [0.25, 0.3) is 0 Å². The van der Waals surface area contributed by atoms with Crippen molar-refractivity contribution in [3.63, 3.8) is 0 Å². The average Bonchev–Trinajstić information content (AvgIpc) is 2.04. The van der Waals surface area contributed by atoms with E-state index in [-0.39, 0.29) is 5.78 Å². The molecule has 1 aromatic carbocycles. The largest absolute Gasteiger partial charge is 0.295 e. The fourth-order valence-corrected chi connectivity index (χ4v) is 1.26. The molecule has 0 heterocycles. The second kappa shape index (κ2) is 3.77. The number of Topliss-reactive ketones (excluding diaryl/α,β-unsaturated/α-hetero) is 1. The maximum atomic E-state index is 11.1. The van der Waals surface area contributed by atoms with Crippen molar-refractivity contribution in [1.82, 2.24) is 0 Å². The molecule has 0 saturated carbocycles. The van der Waals surface area contributed by atoms with Gasteiger partial charge in [0.1, 0.15) is 7.28 Å². The molecule has 61 valence electrons. The summed E-state index contributed by atoms with van der Waals surface area (Å²) in [6.45, 7) is 3.44. The second-order valence-corrected chi connectivity index (χ2v) is 3.01. The third-order valence-electron chi connectivity index (χ3n) is 1.71. The molecule has 0 aliphatic heterocycles. The van der Waals surface area contributed by atoms with Gasteiger partial charge in [0.15, 0.2) is 5.78 Å². The number of carbonyl (C=O) groups is 1. The minimum Gasteiger partial charge on any atom is -0.295 e. The van der Waals surface area contributed by atoms with Crippen molar-refractivity contribution in [1.29, 1.82) is 0 Å². The Kier molecular flexibility index (Phi) is 2.93. The van der Waals surface area contributed by atoms with E-state index < -0.39 is 0 Å². The van der Waals surface area contributed by atoms with Gasteiger partial charge >= 0.3 is 0 Å². The van der Waals surface area contributed by atoms with Gasteiger partial charge in [0.2, 0.25) is 0 Å². The topological polar surface area (TPSA) is 17.1 Å². The SMILES string of the molecule is C[B]c1ccc(Cl)cc1C(C)=O. The standard InChI is InChI=1S/C9H9BClO/c1-6(12)8-5-7(11)3-4-9(8)10-2/h3-5H,1-2H3. The molecule has 0 spiro atoms.